The number of amides is 2. The average molecular weight is 342 g/mol. The number of ether oxygens (including phenoxy) is 2. The standard InChI is InChI=1S/C16H26N2O6/c1-15(2,3)24-14(22)18-10(8-9-6-7-17-12(9)19)11(13(20)21)23-16(18,4)5/h9-11H,6-8H2,1-5H3,(H,17,19)(H,20,21). The molecule has 0 aromatic carbocycles. The van der Waals surface area contributed by atoms with Crippen molar-refractivity contribution >= 4 is 18.0 Å². The number of aliphatic carboxylic acids is 1. The molecule has 2 fully saturated rings. The predicted molar refractivity (Wildman–Crippen MR) is 84.2 cm³/mol. The zero-order valence-electron chi connectivity index (χ0n) is 14.8. The first kappa shape index (κ1) is 18.5. The fourth-order valence-electron chi connectivity index (χ4n) is 3.25. The number of nitrogens with zero attached hydrogens (tertiary/aromatic N) is 1. The van der Waals surface area contributed by atoms with Crippen LogP contribution in [0.1, 0.15) is 47.5 Å². The van der Waals surface area contributed by atoms with Crippen molar-refractivity contribution in [1.29, 1.82) is 0 Å². The average Bonchev–Trinajstić information content (AvgIpc) is 2.89. The van der Waals surface area contributed by atoms with Gasteiger partial charge in [-0.2, -0.15) is 0 Å². The van der Waals surface area contributed by atoms with Crippen molar-refractivity contribution < 1.29 is 29.0 Å². The van der Waals surface area contributed by atoms with Crippen LogP contribution in [0.3, 0.4) is 0 Å². The van der Waals surface area contributed by atoms with E-state index in [-0.39, 0.29) is 18.2 Å². The van der Waals surface area contributed by atoms with Crippen molar-refractivity contribution in [3.8, 4) is 0 Å². The van der Waals surface area contributed by atoms with E-state index in [1.54, 1.807) is 34.6 Å². The van der Waals surface area contributed by atoms with Crippen molar-refractivity contribution in [2.45, 2.75) is 70.9 Å². The number of carboxylic acids is 1. The summed E-state index contributed by atoms with van der Waals surface area (Å²) >= 11 is 0. The zero-order chi connectivity index (χ0) is 18.3. The Hall–Kier alpha value is -1.83. The van der Waals surface area contributed by atoms with E-state index >= 15 is 0 Å². The van der Waals surface area contributed by atoms with Gasteiger partial charge >= 0.3 is 12.1 Å². The largest absolute Gasteiger partial charge is 0.479 e. The van der Waals surface area contributed by atoms with Crippen LogP contribution in [-0.4, -0.2) is 58.0 Å². The summed E-state index contributed by atoms with van der Waals surface area (Å²) in [6.07, 6.45) is -0.990. The highest BCUT2D eigenvalue weighted by atomic mass is 16.6. The van der Waals surface area contributed by atoms with E-state index in [9.17, 15) is 19.5 Å². The number of carbonyl (C=O) groups is 3. The minimum Gasteiger partial charge on any atom is -0.479 e. The second kappa shape index (κ2) is 6.23. The summed E-state index contributed by atoms with van der Waals surface area (Å²) in [5, 5.41) is 12.2. The third kappa shape index (κ3) is 3.80. The van der Waals surface area contributed by atoms with Gasteiger partial charge in [-0.25, -0.2) is 9.59 Å². The predicted octanol–water partition coefficient (Wildman–Crippen LogP) is 1.34. The molecule has 0 spiro atoms. The van der Waals surface area contributed by atoms with Crippen LogP contribution in [0.2, 0.25) is 0 Å². The monoisotopic (exact) mass is 342 g/mol. The fourth-order valence-corrected chi connectivity index (χ4v) is 3.25. The molecule has 3 atom stereocenters. The van der Waals surface area contributed by atoms with Gasteiger partial charge in [0.1, 0.15) is 11.3 Å². The number of rotatable bonds is 3. The highest BCUT2D eigenvalue weighted by molar-refractivity contribution is 5.81. The molecule has 8 heteroatoms. The maximum atomic E-state index is 12.6. The van der Waals surface area contributed by atoms with Crippen LogP contribution in [-0.2, 0) is 19.1 Å². The molecule has 2 aliphatic rings. The Morgan fingerprint density at radius 1 is 1.42 bits per heavy atom. The zero-order valence-corrected chi connectivity index (χ0v) is 14.8. The summed E-state index contributed by atoms with van der Waals surface area (Å²) < 4.78 is 11.0. The number of hydrogen-bond acceptors (Lipinski definition) is 5. The molecule has 2 heterocycles. The summed E-state index contributed by atoms with van der Waals surface area (Å²) in [5.41, 5.74) is -1.85. The van der Waals surface area contributed by atoms with E-state index in [0.717, 1.165) is 0 Å². The molecule has 2 N–H and O–H groups in total. The van der Waals surface area contributed by atoms with Gasteiger partial charge in [0.2, 0.25) is 5.91 Å². The second-order valence-electron chi connectivity index (χ2n) is 7.75. The number of carbonyl (C=O) groups excluding carboxylic acids is 2. The lowest BCUT2D eigenvalue weighted by Crippen LogP contribution is -2.51. The van der Waals surface area contributed by atoms with Crippen LogP contribution in [0.15, 0.2) is 0 Å². The molecule has 0 radical (unpaired) electrons. The lowest BCUT2D eigenvalue weighted by atomic mass is 9.94. The number of nitrogens with one attached hydrogen (secondary N) is 1. The SMILES string of the molecule is CC(C)(C)OC(=O)N1C(CC2CCNC2=O)C(C(=O)O)OC1(C)C. The van der Waals surface area contributed by atoms with E-state index in [1.807, 2.05) is 0 Å². The molecule has 24 heavy (non-hydrogen) atoms. The molecule has 0 aromatic rings. The molecule has 0 saturated carbocycles. The van der Waals surface area contributed by atoms with E-state index < -0.39 is 35.5 Å². The van der Waals surface area contributed by atoms with Crippen molar-refractivity contribution in [3.05, 3.63) is 0 Å². The Labute approximate surface area is 141 Å². The third-order valence-electron chi connectivity index (χ3n) is 4.20. The van der Waals surface area contributed by atoms with Gasteiger partial charge in [-0.15, -0.1) is 0 Å². The Morgan fingerprint density at radius 3 is 2.50 bits per heavy atom. The molecule has 2 rings (SSSR count). The van der Waals surface area contributed by atoms with Gasteiger partial charge in [0.05, 0.1) is 6.04 Å². The van der Waals surface area contributed by atoms with E-state index in [4.69, 9.17) is 9.47 Å². The van der Waals surface area contributed by atoms with E-state index in [1.165, 1.54) is 4.90 Å². The minimum atomic E-state index is -1.19. The van der Waals surface area contributed by atoms with Gasteiger partial charge in [-0.05, 0) is 47.5 Å². The van der Waals surface area contributed by atoms with Crippen LogP contribution in [0.25, 0.3) is 0 Å². The molecule has 3 unspecified atom stereocenters. The summed E-state index contributed by atoms with van der Waals surface area (Å²) in [7, 11) is 0. The van der Waals surface area contributed by atoms with Gasteiger partial charge in [0.15, 0.2) is 6.10 Å². The first-order valence-corrected chi connectivity index (χ1v) is 8.13. The Morgan fingerprint density at radius 2 is 2.04 bits per heavy atom. The smallest absolute Gasteiger partial charge is 0.412 e. The van der Waals surface area contributed by atoms with Gasteiger partial charge in [0.25, 0.3) is 0 Å². The lowest BCUT2D eigenvalue weighted by Gasteiger charge is -2.35. The first-order valence-electron chi connectivity index (χ1n) is 8.13. The van der Waals surface area contributed by atoms with Gasteiger partial charge in [0, 0.05) is 12.5 Å². The first-order chi connectivity index (χ1) is 10.9. The summed E-state index contributed by atoms with van der Waals surface area (Å²) in [5.74, 6) is -1.61. The number of hydrogen-bond donors (Lipinski definition) is 2. The van der Waals surface area contributed by atoms with E-state index in [0.29, 0.717) is 13.0 Å². The van der Waals surface area contributed by atoms with Crippen LogP contribution < -0.4 is 5.32 Å². The Balaban J connectivity index is 2.29. The molecule has 2 saturated heterocycles. The van der Waals surface area contributed by atoms with Crippen LogP contribution in [0.4, 0.5) is 4.79 Å². The Kier molecular flexibility index (Phi) is 4.81. The van der Waals surface area contributed by atoms with E-state index in [2.05, 4.69) is 5.32 Å². The molecular formula is C16H26N2O6. The van der Waals surface area contributed by atoms with Crippen molar-refractivity contribution in [2.75, 3.05) is 6.54 Å². The van der Waals surface area contributed by atoms with Crippen molar-refractivity contribution in [3.63, 3.8) is 0 Å². The van der Waals surface area contributed by atoms with Crippen LogP contribution in [0, 0.1) is 5.92 Å². The third-order valence-corrected chi connectivity index (χ3v) is 4.20. The van der Waals surface area contributed by atoms with Crippen LogP contribution in [0.5, 0.6) is 0 Å². The molecule has 0 aliphatic carbocycles. The van der Waals surface area contributed by atoms with Gasteiger partial charge < -0.3 is 19.9 Å². The van der Waals surface area contributed by atoms with Gasteiger partial charge in [-0.3, -0.25) is 9.69 Å². The van der Waals surface area contributed by atoms with Crippen LogP contribution >= 0.6 is 0 Å². The highest BCUT2D eigenvalue weighted by Crippen LogP contribution is 2.37. The molecule has 2 aliphatic heterocycles. The summed E-state index contributed by atoms with van der Waals surface area (Å²) in [6, 6.07) is -0.763. The van der Waals surface area contributed by atoms with Gasteiger partial charge in [-0.1, -0.05) is 0 Å². The molecule has 136 valence electrons. The molecular weight excluding hydrogens is 316 g/mol. The molecule has 0 aromatic heterocycles. The minimum absolute atomic E-state index is 0.118. The van der Waals surface area contributed by atoms with Crippen molar-refractivity contribution in [2.24, 2.45) is 5.92 Å². The maximum absolute atomic E-state index is 12.6. The normalized spacial score (nSPS) is 29.5. The molecule has 2 amide bonds. The molecule has 0 bridgehead atoms. The lowest BCUT2D eigenvalue weighted by molar-refractivity contribution is -0.155. The summed E-state index contributed by atoms with van der Waals surface area (Å²) in [6.45, 7) is 9.03. The maximum Gasteiger partial charge on any atom is 0.412 e. The summed E-state index contributed by atoms with van der Waals surface area (Å²) in [4.78, 5) is 37.4. The Bertz CT molecular complexity index is 539. The van der Waals surface area contributed by atoms with Crippen molar-refractivity contribution in [1.82, 2.24) is 10.2 Å². The molecule has 8 nitrogen and oxygen atoms in total. The second-order valence-corrected chi connectivity index (χ2v) is 7.75. The number of carboxylic acid groups (broad SMARTS) is 1. The quantitative estimate of drug-likeness (QED) is 0.802. The fraction of sp³-hybridized carbons (Fsp3) is 0.812. The highest BCUT2D eigenvalue weighted by Gasteiger charge is 2.54. The topological polar surface area (TPSA) is 105 Å².